The summed E-state index contributed by atoms with van der Waals surface area (Å²) < 4.78 is 13.0. The van der Waals surface area contributed by atoms with Crippen LogP contribution in [0.5, 0.6) is 11.5 Å². The number of carbonyl (C=O) groups is 1. The van der Waals surface area contributed by atoms with Crippen molar-refractivity contribution in [1.82, 2.24) is 4.57 Å². The number of fused-ring (bicyclic) bond motifs is 3. The minimum absolute atomic E-state index is 0.130. The number of aromatic hydroxyl groups is 1. The molecule has 1 aromatic heterocycles. The smallest absolute Gasteiger partial charge is 0.340 e. The van der Waals surface area contributed by atoms with E-state index in [2.05, 4.69) is 15.9 Å². The molecule has 5 nitrogen and oxygen atoms in total. The molecule has 22 heavy (non-hydrogen) atoms. The molecule has 1 aliphatic heterocycles. The Hall–Kier alpha value is -1.95. The van der Waals surface area contributed by atoms with Gasteiger partial charge in [-0.15, -0.1) is 0 Å². The van der Waals surface area contributed by atoms with Crippen LogP contribution in [0.2, 0.25) is 0 Å². The van der Waals surface area contributed by atoms with Crippen molar-refractivity contribution in [2.75, 3.05) is 13.7 Å². The highest BCUT2D eigenvalue weighted by molar-refractivity contribution is 9.10. The minimum atomic E-state index is -0.344. The normalized spacial score (nSPS) is 12.5. The molecule has 0 atom stereocenters. The summed E-state index contributed by atoms with van der Waals surface area (Å²) in [5.41, 5.74) is 3.41. The van der Waals surface area contributed by atoms with Gasteiger partial charge in [-0.2, -0.15) is 0 Å². The van der Waals surface area contributed by atoms with Crippen LogP contribution in [0.25, 0.3) is 11.3 Å². The van der Waals surface area contributed by atoms with E-state index in [1.54, 1.807) is 19.1 Å². The molecule has 0 bridgehead atoms. The number of nitrogens with zero attached hydrogens (tertiary/aromatic N) is 1. The molecule has 116 valence electrons. The van der Waals surface area contributed by atoms with Gasteiger partial charge >= 0.3 is 5.97 Å². The molecule has 1 N–H and O–H groups in total. The zero-order valence-corrected chi connectivity index (χ0v) is 13.9. The lowest BCUT2D eigenvalue weighted by molar-refractivity contribution is 0.0525. The Kier molecular flexibility index (Phi) is 3.87. The Morgan fingerprint density at radius 2 is 2.18 bits per heavy atom. The summed E-state index contributed by atoms with van der Waals surface area (Å²) in [4.78, 5) is 12.0. The van der Waals surface area contributed by atoms with Crippen LogP contribution >= 0.6 is 15.9 Å². The van der Waals surface area contributed by atoms with E-state index in [4.69, 9.17) is 9.47 Å². The van der Waals surface area contributed by atoms with Crippen molar-refractivity contribution in [2.45, 2.75) is 19.9 Å². The fraction of sp³-hybridized carbons (Fsp3) is 0.312. The highest BCUT2D eigenvalue weighted by Crippen LogP contribution is 2.41. The number of phenols is 1. The second kappa shape index (κ2) is 5.68. The van der Waals surface area contributed by atoms with Crippen LogP contribution in [-0.4, -0.2) is 29.4 Å². The third-order valence-corrected chi connectivity index (χ3v) is 4.67. The molecule has 0 unspecified atom stereocenters. The first-order chi connectivity index (χ1) is 10.6. The molecule has 0 saturated carbocycles. The fourth-order valence-electron chi connectivity index (χ4n) is 2.77. The predicted molar refractivity (Wildman–Crippen MR) is 85.4 cm³/mol. The molecular weight excluding hydrogens is 350 g/mol. The molecule has 0 saturated heterocycles. The molecule has 2 aromatic rings. The van der Waals surface area contributed by atoms with Crippen LogP contribution in [0.15, 0.2) is 22.8 Å². The van der Waals surface area contributed by atoms with Gasteiger partial charge in [0.25, 0.3) is 0 Å². The first-order valence-corrected chi connectivity index (χ1v) is 7.82. The molecule has 3 rings (SSSR count). The number of esters is 1. The van der Waals surface area contributed by atoms with Crippen molar-refractivity contribution < 1.29 is 19.4 Å². The minimum Gasteiger partial charge on any atom is -0.504 e. The monoisotopic (exact) mass is 365 g/mol. The van der Waals surface area contributed by atoms with E-state index >= 15 is 0 Å². The highest BCUT2D eigenvalue weighted by atomic mass is 79.9. The van der Waals surface area contributed by atoms with E-state index in [-0.39, 0.29) is 11.7 Å². The maximum atomic E-state index is 12.0. The van der Waals surface area contributed by atoms with Crippen LogP contribution < -0.4 is 4.74 Å². The third kappa shape index (κ3) is 2.27. The molecule has 0 fully saturated rings. The Morgan fingerprint density at radius 1 is 1.41 bits per heavy atom. The quantitative estimate of drug-likeness (QED) is 0.847. The number of benzene rings is 1. The first kappa shape index (κ1) is 15.0. The Morgan fingerprint density at radius 3 is 2.86 bits per heavy atom. The Labute approximate surface area is 136 Å². The summed E-state index contributed by atoms with van der Waals surface area (Å²) in [5, 5.41) is 9.92. The zero-order chi connectivity index (χ0) is 15.9. The number of methoxy groups -OCH3 is 1. The number of aromatic nitrogens is 1. The van der Waals surface area contributed by atoms with Crippen molar-refractivity contribution >= 4 is 21.9 Å². The predicted octanol–water partition coefficient (Wildman–Crippen LogP) is 3.36. The van der Waals surface area contributed by atoms with Crippen LogP contribution in [0, 0.1) is 0 Å². The van der Waals surface area contributed by atoms with Gasteiger partial charge < -0.3 is 19.1 Å². The van der Waals surface area contributed by atoms with Gasteiger partial charge in [0.1, 0.15) is 0 Å². The first-order valence-electron chi connectivity index (χ1n) is 7.03. The van der Waals surface area contributed by atoms with E-state index < -0.39 is 0 Å². The summed E-state index contributed by atoms with van der Waals surface area (Å²) in [5.74, 6) is 0.205. The average molecular weight is 366 g/mol. The van der Waals surface area contributed by atoms with Gasteiger partial charge in [0.05, 0.1) is 29.6 Å². The lowest BCUT2D eigenvalue weighted by Gasteiger charge is -2.21. The van der Waals surface area contributed by atoms with Crippen molar-refractivity contribution in [3.8, 4) is 22.8 Å². The van der Waals surface area contributed by atoms with Crippen molar-refractivity contribution in [3.05, 3.63) is 33.9 Å². The number of rotatable bonds is 3. The maximum Gasteiger partial charge on any atom is 0.340 e. The van der Waals surface area contributed by atoms with E-state index in [0.717, 1.165) is 34.4 Å². The average Bonchev–Trinajstić information content (AvgIpc) is 2.84. The van der Waals surface area contributed by atoms with Gasteiger partial charge in [0, 0.05) is 12.1 Å². The molecule has 0 aliphatic carbocycles. The van der Waals surface area contributed by atoms with Crippen molar-refractivity contribution in [3.63, 3.8) is 0 Å². The van der Waals surface area contributed by atoms with Crippen LogP contribution in [-0.2, 0) is 17.7 Å². The van der Waals surface area contributed by atoms with Gasteiger partial charge in [0.15, 0.2) is 11.5 Å². The number of hydrogen-bond acceptors (Lipinski definition) is 4. The fourth-order valence-corrected chi connectivity index (χ4v) is 3.42. The van der Waals surface area contributed by atoms with Crippen LogP contribution in [0.3, 0.4) is 0 Å². The van der Waals surface area contributed by atoms with Crippen molar-refractivity contribution in [1.29, 1.82) is 0 Å². The number of ether oxygens (including phenoxy) is 2. The molecule has 1 aliphatic rings. The van der Waals surface area contributed by atoms with Crippen LogP contribution in [0.4, 0.5) is 0 Å². The van der Waals surface area contributed by atoms with E-state index in [1.165, 1.54) is 7.11 Å². The van der Waals surface area contributed by atoms with Gasteiger partial charge in [-0.05, 0) is 53.0 Å². The molecule has 0 spiro atoms. The van der Waals surface area contributed by atoms with Crippen molar-refractivity contribution in [2.24, 2.45) is 0 Å². The SMILES string of the molecule is CCOC(=O)c1cc2n(c1Br)CCc1cc(O)c(OC)cc1-2. The van der Waals surface area contributed by atoms with Gasteiger partial charge in [-0.25, -0.2) is 4.79 Å². The van der Waals surface area contributed by atoms with Gasteiger partial charge in [-0.1, -0.05) is 0 Å². The Bertz CT molecular complexity index is 751. The second-order valence-corrected chi connectivity index (χ2v) is 5.79. The van der Waals surface area contributed by atoms with E-state index in [9.17, 15) is 9.90 Å². The number of phenolic OH excluding ortho intramolecular Hbond substituents is 1. The summed E-state index contributed by atoms with van der Waals surface area (Å²) in [6.45, 7) is 2.85. The van der Waals surface area contributed by atoms with Gasteiger partial charge in [0.2, 0.25) is 0 Å². The molecule has 1 aromatic carbocycles. The number of aryl methyl sites for hydroxylation is 1. The largest absolute Gasteiger partial charge is 0.504 e. The highest BCUT2D eigenvalue weighted by Gasteiger charge is 2.25. The summed E-state index contributed by atoms with van der Waals surface area (Å²) in [7, 11) is 1.52. The number of hydrogen-bond donors (Lipinski definition) is 1. The van der Waals surface area contributed by atoms with Crippen LogP contribution in [0.1, 0.15) is 22.8 Å². The summed E-state index contributed by atoms with van der Waals surface area (Å²) in [6.07, 6.45) is 0.773. The molecular formula is C16H16BrNO4. The second-order valence-electron chi connectivity index (χ2n) is 5.04. The zero-order valence-electron chi connectivity index (χ0n) is 12.4. The Balaban J connectivity index is 2.14. The summed E-state index contributed by atoms with van der Waals surface area (Å²) in [6, 6.07) is 5.34. The maximum absolute atomic E-state index is 12.0. The topological polar surface area (TPSA) is 60.7 Å². The van der Waals surface area contributed by atoms with E-state index in [0.29, 0.717) is 17.9 Å². The summed E-state index contributed by atoms with van der Waals surface area (Å²) >= 11 is 3.49. The number of halogens is 1. The third-order valence-electron chi connectivity index (χ3n) is 3.81. The molecule has 2 heterocycles. The lowest BCUT2D eigenvalue weighted by Crippen LogP contribution is -2.11. The molecule has 0 radical (unpaired) electrons. The number of carbonyl (C=O) groups excluding carboxylic acids is 1. The molecule has 0 amide bonds. The standard InChI is InChI=1S/C16H16BrNO4/c1-3-22-16(20)11-7-12-10-8-14(21-2)13(19)6-9(10)4-5-18(12)15(11)17/h6-8,19H,3-5H2,1-2H3. The van der Waals surface area contributed by atoms with Gasteiger partial charge in [-0.3, -0.25) is 0 Å². The molecule has 6 heteroatoms. The lowest BCUT2D eigenvalue weighted by atomic mass is 9.97. The van der Waals surface area contributed by atoms with E-state index in [1.807, 2.05) is 10.6 Å².